The Labute approximate surface area is 116 Å². The maximum atomic E-state index is 12.1. The molecule has 0 spiro atoms. The fourth-order valence-corrected chi connectivity index (χ4v) is 2.67. The van der Waals surface area contributed by atoms with E-state index in [1.54, 1.807) is 18.2 Å². The third kappa shape index (κ3) is 3.12. The van der Waals surface area contributed by atoms with Crippen molar-refractivity contribution >= 4 is 27.4 Å². The van der Waals surface area contributed by atoms with E-state index >= 15 is 0 Å². The first kappa shape index (κ1) is 13.6. The predicted octanol–water partition coefficient (Wildman–Crippen LogP) is 3.42. The smallest absolute Gasteiger partial charge is 0.163 e. The molecule has 1 aliphatic carbocycles. The van der Waals surface area contributed by atoms with Crippen LogP contribution in [0.5, 0.6) is 0 Å². The van der Waals surface area contributed by atoms with Crippen LogP contribution in [-0.2, 0) is 4.74 Å². The van der Waals surface area contributed by atoms with Crippen LogP contribution >= 0.6 is 15.9 Å². The lowest BCUT2D eigenvalue weighted by Crippen LogP contribution is -2.32. The molecule has 18 heavy (non-hydrogen) atoms. The number of Topliss-reactive ketones (excluding diaryl/α,β-unsaturated/α-hetero) is 1. The van der Waals surface area contributed by atoms with Gasteiger partial charge in [-0.1, -0.05) is 0 Å². The standard InChI is InChI=1S/C14H18BrNO2/c1-2-18-11-5-9(6-11)7-14(17)10-3-4-13(16)12(15)8-10/h3-4,8-9,11H,2,5-7,16H2,1H3. The quantitative estimate of drug-likeness (QED) is 0.669. The lowest BCUT2D eigenvalue weighted by molar-refractivity contribution is -0.0246. The van der Waals surface area contributed by atoms with Gasteiger partial charge in [0.15, 0.2) is 5.78 Å². The molecule has 0 atom stereocenters. The number of hydrogen-bond donors (Lipinski definition) is 1. The summed E-state index contributed by atoms with van der Waals surface area (Å²) in [4.78, 5) is 12.1. The van der Waals surface area contributed by atoms with Gasteiger partial charge in [0.1, 0.15) is 0 Å². The highest BCUT2D eigenvalue weighted by Gasteiger charge is 2.31. The first-order chi connectivity index (χ1) is 8.60. The van der Waals surface area contributed by atoms with Crippen molar-refractivity contribution in [2.24, 2.45) is 5.92 Å². The molecule has 1 aliphatic rings. The van der Waals surface area contributed by atoms with Crippen LogP contribution < -0.4 is 5.73 Å². The van der Waals surface area contributed by atoms with Crippen molar-refractivity contribution in [3.8, 4) is 0 Å². The van der Waals surface area contributed by atoms with Gasteiger partial charge in [-0.3, -0.25) is 4.79 Å². The Morgan fingerprint density at radius 2 is 2.22 bits per heavy atom. The molecule has 0 heterocycles. The third-order valence-corrected chi connectivity index (χ3v) is 4.08. The lowest BCUT2D eigenvalue weighted by Gasteiger charge is -2.34. The fourth-order valence-electron chi connectivity index (χ4n) is 2.29. The van der Waals surface area contributed by atoms with E-state index in [2.05, 4.69) is 15.9 Å². The Balaban J connectivity index is 1.87. The minimum Gasteiger partial charge on any atom is -0.398 e. The molecule has 3 nitrogen and oxygen atoms in total. The van der Waals surface area contributed by atoms with E-state index in [1.165, 1.54) is 0 Å². The molecule has 1 aromatic rings. The molecule has 1 saturated carbocycles. The van der Waals surface area contributed by atoms with Crippen LogP contribution in [0.3, 0.4) is 0 Å². The molecule has 1 aromatic carbocycles. The number of ether oxygens (including phenoxy) is 1. The number of rotatable bonds is 5. The molecule has 0 amide bonds. The molecule has 0 bridgehead atoms. The van der Waals surface area contributed by atoms with E-state index in [-0.39, 0.29) is 5.78 Å². The number of benzene rings is 1. The molecular formula is C14H18BrNO2. The van der Waals surface area contributed by atoms with Gasteiger partial charge in [0, 0.05) is 28.8 Å². The first-order valence-electron chi connectivity index (χ1n) is 6.30. The third-order valence-electron chi connectivity index (χ3n) is 3.39. The summed E-state index contributed by atoms with van der Waals surface area (Å²) in [5, 5.41) is 0. The largest absolute Gasteiger partial charge is 0.398 e. The summed E-state index contributed by atoms with van der Waals surface area (Å²) in [6, 6.07) is 5.36. The summed E-state index contributed by atoms with van der Waals surface area (Å²) in [5.74, 6) is 0.668. The topological polar surface area (TPSA) is 52.3 Å². The van der Waals surface area contributed by atoms with Gasteiger partial charge in [0.25, 0.3) is 0 Å². The van der Waals surface area contributed by atoms with Crippen molar-refractivity contribution in [3.63, 3.8) is 0 Å². The van der Waals surface area contributed by atoms with Crippen LogP contribution in [0, 0.1) is 5.92 Å². The van der Waals surface area contributed by atoms with E-state index in [4.69, 9.17) is 10.5 Å². The Bertz CT molecular complexity index is 441. The Hall–Kier alpha value is -0.870. The molecule has 1 fully saturated rings. The van der Waals surface area contributed by atoms with Crippen LogP contribution in [0.25, 0.3) is 0 Å². The minimum atomic E-state index is 0.190. The zero-order chi connectivity index (χ0) is 13.1. The van der Waals surface area contributed by atoms with Crippen molar-refractivity contribution < 1.29 is 9.53 Å². The van der Waals surface area contributed by atoms with Crippen LogP contribution in [0.1, 0.15) is 36.5 Å². The number of hydrogen-bond acceptors (Lipinski definition) is 3. The second-order valence-corrected chi connectivity index (χ2v) is 5.63. The molecule has 0 saturated heterocycles. The summed E-state index contributed by atoms with van der Waals surface area (Å²) in [6.45, 7) is 2.76. The predicted molar refractivity (Wildman–Crippen MR) is 75.6 cm³/mol. The number of anilines is 1. The average Bonchev–Trinajstić information content (AvgIpc) is 2.30. The molecule has 0 unspecified atom stereocenters. The van der Waals surface area contributed by atoms with Gasteiger partial charge in [0.05, 0.1) is 6.10 Å². The highest BCUT2D eigenvalue weighted by atomic mass is 79.9. The van der Waals surface area contributed by atoms with E-state index in [0.717, 1.165) is 29.5 Å². The van der Waals surface area contributed by atoms with Crippen LogP contribution in [-0.4, -0.2) is 18.5 Å². The maximum absolute atomic E-state index is 12.1. The van der Waals surface area contributed by atoms with Gasteiger partial charge in [-0.15, -0.1) is 0 Å². The normalized spacial score (nSPS) is 22.6. The monoisotopic (exact) mass is 311 g/mol. The van der Waals surface area contributed by atoms with E-state index in [1.807, 2.05) is 6.92 Å². The van der Waals surface area contributed by atoms with Crippen LogP contribution in [0.15, 0.2) is 22.7 Å². The average molecular weight is 312 g/mol. The summed E-state index contributed by atoms with van der Waals surface area (Å²) in [5.41, 5.74) is 7.10. The molecule has 4 heteroatoms. The summed E-state index contributed by atoms with van der Waals surface area (Å²) < 4.78 is 6.28. The number of nitrogen functional groups attached to an aromatic ring is 1. The molecule has 98 valence electrons. The van der Waals surface area contributed by atoms with E-state index in [9.17, 15) is 4.79 Å². The van der Waals surface area contributed by atoms with Crippen molar-refractivity contribution in [1.82, 2.24) is 0 Å². The number of nitrogens with two attached hydrogens (primary N) is 1. The van der Waals surface area contributed by atoms with Crippen molar-refractivity contribution in [2.75, 3.05) is 12.3 Å². The minimum absolute atomic E-state index is 0.190. The lowest BCUT2D eigenvalue weighted by atomic mass is 9.78. The summed E-state index contributed by atoms with van der Waals surface area (Å²) in [6.07, 6.45) is 3.00. The van der Waals surface area contributed by atoms with Gasteiger partial charge in [-0.05, 0) is 59.8 Å². The zero-order valence-corrected chi connectivity index (χ0v) is 12.1. The van der Waals surface area contributed by atoms with Gasteiger partial charge in [-0.2, -0.15) is 0 Å². The van der Waals surface area contributed by atoms with E-state index < -0.39 is 0 Å². The van der Waals surface area contributed by atoms with Crippen LogP contribution in [0.2, 0.25) is 0 Å². The van der Waals surface area contributed by atoms with Crippen molar-refractivity contribution in [2.45, 2.75) is 32.3 Å². The van der Waals surface area contributed by atoms with Crippen molar-refractivity contribution in [1.29, 1.82) is 0 Å². The number of ketones is 1. The molecule has 2 rings (SSSR count). The summed E-state index contributed by atoms with van der Waals surface area (Å²) >= 11 is 3.34. The van der Waals surface area contributed by atoms with Crippen molar-refractivity contribution in [3.05, 3.63) is 28.2 Å². The Morgan fingerprint density at radius 3 is 2.83 bits per heavy atom. The SMILES string of the molecule is CCOC1CC(CC(=O)c2ccc(N)c(Br)c2)C1. The fraction of sp³-hybridized carbons (Fsp3) is 0.500. The van der Waals surface area contributed by atoms with Gasteiger partial charge in [0.2, 0.25) is 0 Å². The van der Waals surface area contributed by atoms with Gasteiger partial charge >= 0.3 is 0 Å². The molecule has 0 aromatic heterocycles. The number of carbonyl (C=O) groups is 1. The molecular weight excluding hydrogens is 294 g/mol. The maximum Gasteiger partial charge on any atom is 0.163 e. The second kappa shape index (κ2) is 5.85. The highest BCUT2D eigenvalue weighted by Crippen LogP contribution is 2.34. The number of halogens is 1. The highest BCUT2D eigenvalue weighted by molar-refractivity contribution is 9.10. The molecule has 0 radical (unpaired) electrons. The van der Waals surface area contributed by atoms with Gasteiger partial charge < -0.3 is 10.5 Å². The Morgan fingerprint density at radius 1 is 1.50 bits per heavy atom. The second-order valence-electron chi connectivity index (χ2n) is 4.78. The first-order valence-corrected chi connectivity index (χ1v) is 7.09. The van der Waals surface area contributed by atoms with E-state index in [0.29, 0.717) is 24.1 Å². The Kier molecular flexibility index (Phi) is 4.40. The van der Waals surface area contributed by atoms with Gasteiger partial charge in [-0.25, -0.2) is 0 Å². The molecule has 0 aliphatic heterocycles. The zero-order valence-electron chi connectivity index (χ0n) is 10.5. The summed E-state index contributed by atoms with van der Waals surface area (Å²) in [7, 11) is 0. The number of carbonyl (C=O) groups excluding carboxylic acids is 1. The van der Waals surface area contributed by atoms with Crippen LogP contribution in [0.4, 0.5) is 5.69 Å². The molecule has 2 N–H and O–H groups in total.